The van der Waals surface area contributed by atoms with E-state index in [0.717, 1.165) is 0 Å². The van der Waals surface area contributed by atoms with Crippen LogP contribution < -0.4 is 15.4 Å². The van der Waals surface area contributed by atoms with Gasteiger partial charge >= 0.3 is 11.8 Å². The van der Waals surface area contributed by atoms with E-state index in [1.54, 1.807) is 36.4 Å². The van der Waals surface area contributed by atoms with Crippen LogP contribution in [0.25, 0.3) is 0 Å². The molecule has 0 unspecified atom stereocenters. The van der Waals surface area contributed by atoms with Gasteiger partial charge in [-0.25, -0.2) is 8.42 Å². The number of hydrogen-bond donors (Lipinski definition) is 2. The SMILES string of the molecule is COc1cccc(NC(=O)C(=O)NCc2ccc(S(=O)(=O)N3CCOCC3)cc2)c1. The third kappa shape index (κ3) is 5.35. The van der Waals surface area contributed by atoms with Crippen LogP contribution in [0, 0.1) is 0 Å². The molecule has 2 N–H and O–H groups in total. The van der Waals surface area contributed by atoms with E-state index >= 15 is 0 Å². The van der Waals surface area contributed by atoms with Crippen LogP contribution in [0.5, 0.6) is 5.75 Å². The monoisotopic (exact) mass is 433 g/mol. The van der Waals surface area contributed by atoms with Crippen LogP contribution in [0.1, 0.15) is 5.56 Å². The summed E-state index contributed by atoms with van der Waals surface area (Å²) in [5.41, 5.74) is 1.10. The predicted molar refractivity (Wildman–Crippen MR) is 109 cm³/mol. The molecule has 0 spiro atoms. The highest BCUT2D eigenvalue weighted by atomic mass is 32.2. The number of benzene rings is 2. The number of rotatable bonds is 6. The number of hydrogen-bond acceptors (Lipinski definition) is 6. The lowest BCUT2D eigenvalue weighted by Crippen LogP contribution is -2.40. The van der Waals surface area contributed by atoms with Gasteiger partial charge in [-0.2, -0.15) is 4.31 Å². The Hall–Kier alpha value is -2.95. The maximum Gasteiger partial charge on any atom is 0.313 e. The summed E-state index contributed by atoms with van der Waals surface area (Å²) in [5, 5.41) is 5.00. The number of sulfonamides is 1. The zero-order chi connectivity index (χ0) is 21.6. The quantitative estimate of drug-likeness (QED) is 0.657. The molecule has 0 radical (unpaired) electrons. The fourth-order valence-corrected chi connectivity index (χ4v) is 4.27. The maximum absolute atomic E-state index is 12.6. The highest BCUT2D eigenvalue weighted by Crippen LogP contribution is 2.18. The van der Waals surface area contributed by atoms with E-state index in [-0.39, 0.29) is 11.4 Å². The molecule has 1 heterocycles. The summed E-state index contributed by atoms with van der Waals surface area (Å²) in [6, 6.07) is 12.8. The normalized spacial score (nSPS) is 14.7. The third-order valence-corrected chi connectivity index (χ3v) is 6.43. The zero-order valence-corrected chi connectivity index (χ0v) is 17.3. The largest absolute Gasteiger partial charge is 0.497 e. The number of nitrogens with zero attached hydrogens (tertiary/aromatic N) is 1. The molecule has 0 aliphatic carbocycles. The second kappa shape index (κ2) is 9.70. The minimum Gasteiger partial charge on any atom is -0.497 e. The molecule has 0 atom stereocenters. The number of ether oxygens (including phenoxy) is 2. The molecule has 1 aliphatic heterocycles. The Balaban J connectivity index is 1.55. The van der Waals surface area contributed by atoms with Gasteiger partial charge in [0, 0.05) is 31.4 Å². The average molecular weight is 433 g/mol. The Morgan fingerprint density at radius 3 is 2.43 bits per heavy atom. The first-order valence-electron chi connectivity index (χ1n) is 9.30. The van der Waals surface area contributed by atoms with Gasteiger partial charge in [-0.15, -0.1) is 0 Å². The predicted octanol–water partition coefficient (Wildman–Crippen LogP) is 0.971. The van der Waals surface area contributed by atoms with Crippen LogP contribution in [0.4, 0.5) is 5.69 Å². The highest BCUT2D eigenvalue weighted by Gasteiger charge is 2.26. The lowest BCUT2D eigenvalue weighted by molar-refractivity contribution is -0.136. The number of nitrogens with one attached hydrogen (secondary N) is 2. The van der Waals surface area contributed by atoms with Gasteiger partial charge in [0.05, 0.1) is 25.2 Å². The van der Waals surface area contributed by atoms with Gasteiger partial charge in [0.15, 0.2) is 0 Å². The number of methoxy groups -OCH3 is 1. The summed E-state index contributed by atoms with van der Waals surface area (Å²) in [5.74, 6) is -1.06. The van der Waals surface area contributed by atoms with Crippen molar-refractivity contribution in [2.75, 3.05) is 38.7 Å². The zero-order valence-electron chi connectivity index (χ0n) is 16.5. The molecule has 9 nitrogen and oxygen atoms in total. The topological polar surface area (TPSA) is 114 Å². The Morgan fingerprint density at radius 1 is 1.07 bits per heavy atom. The summed E-state index contributed by atoms with van der Waals surface area (Å²) in [6.07, 6.45) is 0. The van der Waals surface area contributed by atoms with Crippen LogP contribution >= 0.6 is 0 Å². The van der Waals surface area contributed by atoms with Crippen molar-refractivity contribution >= 4 is 27.5 Å². The van der Waals surface area contributed by atoms with Crippen molar-refractivity contribution in [1.29, 1.82) is 0 Å². The molecule has 1 fully saturated rings. The fourth-order valence-electron chi connectivity index (χ4n) is 2.87. The van der Waals surface area contributed by atoms with Gasteiger partial charge in [0.25, 0.3) is 0 Å². The molecule has 10 heteroatoms. The molecule has 2 aromatic rings. The van der Waals surface area contributed by atoms with E-state index < -0.39 is 21.8 Å². The van der Waals surface area contributed by atoms with Crippen molar-refractivity contribution < 1.29 is 27.5 Å². The Labute approximate surface area is 175 Å². The van der Waals surface area contributed by atoms with E-state index in [0.29, 0.717) is 43.3 Å². The first kappa shape index (κ1) is 21.8. The molecule has 0 bridgehead atoms. The van der Waals surface area contributed by atoms with E-state index in [1.165, 1.54) is 23.5 Å². The van der Waals surface area contributed by atoms with Gasteiger partial charge in [0.2, 0.25) is 10.0 Å². The molecule has 30 heavy (non-hydrogen) atoms. The minimum atomic E-state index is -3.57. The van der Waals surface area contributed by atoms with Crippen LogP contribution in [-0.2, 0) is 30.9 Å². The smallest absolute Gasteiger partial charge is 0.313 e. The maximum atomic E-state index is 12.6. The lowest BCUT2D eigenvalue weighted by Gasteiger charge is -2.26. The summed E-state index contributed by atoms with van der Waals surface area (Å²) >= 11 is 0. The van der Waals surface area contributed by atoms with Crippen molar-refractivity contribution in [3.05, 3.63) is 54.1 Å². The van der Waals surface area contributed by atoms with E-state index in [2.05, 4.69) is 10.6 Å². The minimum absolute atomic E-state index is 0.0856. The van der Waals surface area contributed by atoms with Gasteiger partial charge < -0.3 is 20.1 Å². The van der Waals surface area contributed by atoms with Gasteiger partial charge in [0.1, 0.15) is 5.75 Å². The molecular weight excluding hydrogens is 410 g/mol. The number of morpholine rings is 1. The molecule has 1 saturated heterocycles. The number of amides is 2. The summed E-state index contributed by atoms with van der Waals surface area (Å²) in [6.45, 7) is 1.48. The molecule has 1 aliphatic rings. The van der Waals surface area contributed by atoms with Crippen LogP contribution in [0.2, 0.25) is 0 Å². The molecule has 0 aromatic heterocycles. The van der Waals surface area contributed by atoms with E-state index in [9.17, 15) is 18.0 Å². The average Bonchev–Trinajstić information content (AvgIpc) is 2.78. The molecule has 0 saturated carbocycles. The Kier molecular flexibility index (Phi) is 7.03. The summed E-state index contributed by atoms with van der Waals surface area (Å²) in [4.78, 5) is 24.3. The van der Waals surface area contributed by atoms with Gasteiger partial charge in [-0.05, 0) is 29.8 Å². The fraction of sp³-hybridized carbons (Fsp3) is 0.300. The van der Waals surface area contributed by atoms with Crippen molar-refractivity contribution in [3.8, 4) is 5.75 Å². The second-order valence-corrected chi connectivity index (χ2v) is 8.47. The summed E-state index contributed by atoms with van der Waals surface area (Å²) in [7, 11) is -2.07. The first-order valence-corrected chi connectivity index (χ1v) is 10.7. The molecular formula is C20H23N3O6S. The standard InChI is InChI=1S/C20H23N3O6S/c1-28-17-4-2-3-16(13-17)22-20(25)19(24)21-14-15-5-7-18(8-6-15)30(26,27)23-9-11-29-12-10-23/h2-8,13H,9-12,14H2,1H3,(H,21,24)(H,22,25). The molecule has 160 valence electrons. The Bertz CT molecular complexity index is 1000. The van der Waals surface area contributed by atoms with E-state index in [4.69, 9.17) is 9.47 Å². The third-order valence-electron chi connectivity index (χ3n) is 4.52. The number of carbonyl (C=O) groups excluding carboxylic acids is 2. The van der Waals surface area contributed by atoms with Crippen molar-refractivity contribution in [1.82, 2.24) is 9.62 Å². The van der Waals surface area contributed by atoms with Crippen molar-refractivity contribution in [2.24, 2.45) is 0 Å². The van der Waals surface area contributed by atoms with Gasteiger partial charge in [-0.3, -0.25) is 9.59 Å². The van der Waals surface area contributed by atoms with Crippen LogP contribution in [0.15, 0.2) is 53.4 Å². The number of carbonyl (C=O) groups is 2. The number of anilines is 1. The van der Waals surface area contributed by atoms with Crippen LogP contribution in [-0.4, -0.2) is 58.0 Å². The highest BCUT2D eigenvalue weighted by molar-refractivity contribution is 7.89. The second-order valence-electron chi connectivity index (χ2n) is 6.53. The molecule has 2 amide bonds. The molecule has 2 aromatic carbocycles. The van der Waals surface area contributed by atoms with Gasteiger partial charge in [-0.1, -0.05) is 18.2 Å². The van der Waals surface area contributed by atoms with E-state index in [1.807, 2.05) is 0 Å². The summed E-state index contributed by atoms with van der Waals surface area (Å²) < 4.78 is 36.9. The first-order chi connectivity index (χ1) is 14.4. The Morgan fingerprint density at radius 2 is 1.77 bits per heavy atom. The molecule has 3 rings (SSSR count). The van der Waals surface area contributed by atoms with Crippen molar-refractivity contribution in [2.45, 2.75) is 11.4 Å². The lowest BCUT2D eigenvalue weighted by atomic mass is 10.2. The van der Waals surface area contributed by atoms with Crippen LogP contribution in [0.3, 0.4) is 0 Å². The van der Waals surface area contributed by atoms with Crippen molar-refractivity contribution in [3.63, 3.8) is 0 Å².